The Morgan fingerprint density at radius 1 is 1.14 bits per heavy atom. The fourth-order valence-corrected chi connectivity index (χ4v) is 4.38. The number of furan rings is 1. The van der Waals surface area contributed by atoms with E-state index in [1.54, 1.807) is 43.7 Å². The molecule has 35 heavy (non-hydrogen) atoms. The second kappa shape index (κ2) is 11.4. The van der Waals surface area contributed by atoms with Crippen molar-refractivity contribution in [2.45, 2.75) is 24.0 Å². The van der Waals surface area contributed by atoms with Crippen molar-refractivity contribution in [3.05, 3.63) is 93.9 Å². The monoisotopic (exact) mass is 493 g/mol. The SMILES string of the molecule is COCCn1c(SCc2ccccc2C(=O)NCc2ccco2)nnc1-c1ccc([N+](=O)[O-])cc1. The van der Waals surface area contributed by atoms with Crippen LogP contribution >= 0.6 is 11.8 Å². The molecule has 0 bridgehead atoms. The van der Waals surface area contributed by atoms with Crippen LogP contribution in [0.5, 0.6) is 0 Å². The summed E-state index contributed by atoms with van der Waals surface area (Å²) in [5.41, 5.74) is 2.15. The molecule has 4 rings (SSSR count). The molecule has 1 amide bonds. The highest BCUT2D eigenvalue weighted by molar-refractivity contribution is 7.98. The summed E-state index contributed by atoms with van der Waals surface area (Å²) < 4.78 is 12.4. The largest absolute Gasteiger partial charge is 0.467 e. The zero-order valence-corrected chi connectivity index (χ0v) is 19.7. The van der Waals surface area contributed by atoms with E-state index in [9.17, 15) is 14.9 Å². The van der Waals surface area contributed by atoms with E-state index in [-0.39, 0.29) is 11.6 Å². The lowest BCUT2D eigenvalue weighted by Gasteiger charge is -2.11. The molecule has 0 aliphatic heterocycles. The number of nitrogens with zero attached hydrogens (tertiary/aromatic N) is 4. The molecule has 0 aliphatic carbocycles. The number of carbonyl (C=O) groups is 1. The number of amides is 1. The number of non-ortho nitro benzene ring substituents is 1. The van der Waals surface area contributed by atoms with Crippen molar-refractivity contribution >= 4 is 23.4 Å². The van der Waals surface area contributed by atoms with Crippen molar-refractivity contribution in [3.8, 4) is 11.4 Å². The number of aromatic nitrogens is 3. The lowest BCUT2D eigenvalue weighted by Crippen LogP contribution is -2.23. The molecule has 0 fully saturated rings. The van der Waals surface area contributed by atoms with Crippen molar-refractivity contribution in [2.75, 3.05) is 13.7 Å². The van der Waals surface area contributed by atoms with Crippen LogP contribution in [-0.4, -0.2) is 39.3 Å². The Labute approximate surface area is 205 Å². The minimum Gasteiger partial charge on any atom is -0.467 e. The van der Waals surface area contributed by atoms with E-state index in [1.807, 2.05) is 22.8 Å². The quantitative estimate of drug-likeness (QED) is 0.186. The van der Waals surface area contributed by atoms with Gasteiger partial charge < -0.3 is 14.5 Å². The van der Waals surface area contributed by atoms with Gasteiger partial charge in [0.05, 0.1) is 30.9 Å². The molecule has 0 radical (unpaired) electrons. The molecule has 0 saturated heterocycles. The van der Waals surface area contributed by atoms with Gasteiger partial charge in [-0.05, 0) is 35.9 Å². The van der Waals surface area contributed by atoms with Crippen molar-refractivity contribution in [3.63, 3.8) is 0 Å². The molecule has 0 spiro atoms. The number of nitro groups is 1. The van der Waals surface area contributed by atoms with Crippen molar-refractivity contribution < 1.29 is 18.9 Å². The molecule has 2 aromatic carbocycles. The summed E-state index contributed by atoms with van der Waals surface area (Å²) in [6.45, 7) is 1.25. The summed E-state index contributed by atoms with van der Waals surface area (Å²) in [7, 11) is 1.61. The third-order valence-corrected chi connectivity index (χ3v) is 6.21. The van der Waals surface area contributed by atoms with Crippen LogP contribution in [0.3, 0.4) is 0 Å². The van der Waals surface area contributed by atoms with Gasteiger partial charge in [-0.1, -0.05) is 30.0 Å². The summed E-state index contributed by atoms with van der Waals surface area (Å²) >= 11 is 1.45. The Morgan fingerprint density at radius 2 is 1.94 bits per heavy atom. The van der Waals surface area contributed by atoms with Crippen molar-refractivity contribution in [1.29, 1.82) is 0 Å². The number of ether oxygens (including phenoxy) is 1. The third kappa shape index (κ3) is 5.94. The summed E-state index contributed by atoms with van der Waals surface area (Å²) in [6, 6.07) is 17.2. The highest BCUT2D eigenvalue weighted by atomic mass is 32.2. The number of methoxy groups -OCH3 is 1. The van der Waals surface area contributed by atoms with Crippen molar-refractivity contribution in [2.24, 2.45) is 0 Å². The first-order chi connectivity index (χ1) is 17.1. The number of thioether (sulfide) groups is 1. The Morgan fingerprint density at radius 3 is 2.66 bits per heavy atom. The lowest BCUT2D eigenvalue weighted by molar-refractivity contribution is -0.384. The lowest BCUT2D eigenvalue weighted by atomic mass is 10.1. The standard InChI is InChI=1S/C24H23N5O5S/c1-33-14-12-28-22(17-8-10-19(11-9-17)29(31)32)26-27-24(28)35-16-18-5-2-3-7-21(18)23(30)25-15-20-6-4-13-34-20/h2-11,13H,12,14-16H2,1H3,(H,25,30). The van der Waals surface area contributed by atoms with E-state index in [0.717, 1.165) is 5.56 Å². The molecule has 2 aromatic heterocycles. The second-order valence-electron chi connectivity index (χ2n) is 7.46. The van der Waals surface area contributed by atoms with Crippen LogP contribution in [0.2, 0.25) is 0 Å². The van der Waals surface area contributed by atoms with Gasteiger partial charge in [0.25, 0.3) is 11.6 Å². The summed E-state index contributed by atoms with van der Waals surface area (Å²) in [6.07, 6.45) is 1.57. The van der Waals surface area contributed by atoms with Crippen LogP contribution in [-0.2, 0) is 23.6 Å². The van der Waals surface area contributed by atoms with Crippen LogP contribution in [0.15, 0.2) is 76.5 Å². The van der Waals surface area contributed by atoms with Crippen LogP contribution in [0.4, 0.5) is 5.69 Å². The second-order valence-corrected chi connectivity index (χ2v) is 8.40. The maximum atomic E-state index is 12.8. The highest BCUT2D eigenvalue weighted by Crippen LogP contribution is 2.28. The average Bonchev–Trinajstić information content (AvgIpc) is 3.55. The zero-order chi connectivity index (χ0) is 24.6. The number of carbonyl (C=O) groups excluding carboxylic acids is 1. The van der Waals surface area contributed by atoms with Gasteiger partial charge in [0.15, 0.2) is 11.0 Å². The molecule has 0 atom stereocenters. The Kier molecular flexibility index (Phi) is 7.91. The third-order valence-electron chi connectivity index (χ3n) is 5.19. The molecule has 1 N–H and O–H groups in total. The first-order valence-corrected chi connectivity index (χ1v) is 11.7. The van der Waals surface area contributed by atoms with Gasteiger partial charge in [0, 0.05) is 36.1 Å². The number of rotatable bonds is 11. The number of benzene rings is 2. The average molecular weight is 494 g/mol. The molecule has 4 aromatic rings. The fourth-order valence-electron chi connectivity index (χ4n) is 3.41. The van der Waals surface area contributed by atoms with Gasteiger partial charge in [0.1, 0.15) is 5.76 Å². The van der Waals surface area contributed by atoms with E-state index in [1.165, 1.54) is 23.9 Å². The van der Waals surface area contributed by atoms with E-state index in [4.69, 9.17) is 9.15 Å². The molecule has 2 heterocycles. The number of hydrogen-bond acceptors (Lipinski definition) is 8. The maximum absolute atomic E-state index is 12.8. The molecule has 0 aliphatic rings. The van der Waals surface area contributed by atoms with Gasteiger partial charge in [-0.15, -0.1) is 10.2 Å². The Bertz CT molecular complexity index is 1290. The normalized spacial score (nSPS) is 10.9. The van der Waals surface area contributed by atoms with Crippen LogP contribution in [0.25, 0.3) is 11.4 Å². The predicted octanol–water partition coefficient (Wildman–Crippen LogP) is 4.32. The van der Waals surface area contributed by atoms with E-state index in [2.05, 4.69) is 15.5 Å². The van der Waals surface area contributed by atoms with Crippen LogP contribution in [0.1, 0.15) is 21.7 Å². The van der Waals surface area contributed by atoms with Crippen LogP contribution in [0, 0.1) is 10.1 Å². The van der Waals surface area contributed by atoms with Gasteiger partial charge in [-0.3, -0.25) is 19.5 Å². The fraction of sp³-hybridized carbons (Fsp3) is 0.208. The molecule has 180 valence electrons. The topological polar surface area (TPSA) is 125 Å². The summed E-state index contributed by atoms with van der Waals surface area (Å²) in [5, 5.41) is 23.2. The summed E-state index contributed by atoms with van der Waals surface area (Å²) in [5.74, 6) is 1.57. The molecular weight excluding hydrogens is 470 g/mol. The first kappa shape index (κ1) is 24.2. The van der Waals surface area contributed by atoms with E-state index < -0.39 is 4.92 Å². The molecule has 0 unspecified atom stereocenters. The van der Waals surface area contributed by atoms with E-state index in [0.29, 0.717) is 53.3 Å². The highest BCUT2D eigenvalue weighted by Gasteiger charge is 2.17. The van der Waals surface area contributed by atoms with Gasteiger partial charge in [0.2, 0.25) is 0 Å². The minimum absolute atomic E-state index is 0.00763. The number of nitrogens with one attached hydrogen (secondary N) is 1. The predicted molar refractivity (Wildman–Crippen MR) is 130 cm³/mol. The smallest absolute Gasteiger partial charge is 0.269 e. The molecule has 0 saturated carbocycles. The maximum Gasteiger partial charge on any atom is 0.269 e. The van der Waals surface area contributed by atoms with Gasteiger partial charge in [-0.25, -0.2) is 0 Å². The number of hydrogen-bond donors (Lipinski definition) is 1. The Balaban J connectivity index is 1.51. The Hall–Kier alpha value is -3.96. The molecule has 10 nitrogen and oxygen atoms in total. The van der Waals surface area contributed by atoms with E-state index >= 15 is 0 Å². The minimum atomic E-state index is -0.442. The molecular formula is C24H23N5O5S. The van der Waals surface area contributed by atoms with Gasteiger partial charge in [-0.2, -0.15) is 0 Å². The van der Waals surface area contributed by atoms with Crippen molar-refractivity contribution in [1.82, 2.24) is 20.1 Å². The summed E-state index contributed by atoms with van der Waals surface area (Å²) in [4.78, 5) is 23.3. The molecule has 11 heteroatoms. The van der Waals surface area contributed by atoms with Gasteiger partial charge >= 0.3 is 0 Å². The first-order valence-electron chi connectivity index (χ1n) is 10.7. The number of nitro benzene ring substituents is 1. The van der Waals surface area contributed by atoms with Crippen LogP contribution < -0.4 is 5.32 Å². The zero-order valence-electron chi connectivity index (χ0n) is 18.9.